The van der Waals surface area contributed by atoms with E-state index in [0.29, 0.717) is 12.5 Å². The van der Waals surface area contributed by atoms with Gasteiger partial charge in [0.2, 0.25) is 5.91 Å². The fraction of sp³-hybridized carbons (Fsp3) is 0.438. The average Bonchev–Trinajstić information content (AvgIpc) is 2.42. The molecule has 0 radical (unpaired) electrons. The molecule has 0 aliphatic carbocycles. The number of amides is 1. The van der Waals surface area contributed by atoms with Gasteiger partial charge in [-0.2, -0.15) is 0 Å². The second-order valence-corrected chi connectivity index (χ2v) is 5.19. The Labute approximate surface area is 115 Å². The molecule has 0 aliphatic rings. The molecule has 3 heteroatoms. The third-order valence-electron chi connectivity index (χ3n) is 2.97. The van der Waals surface area contributed by atoms with Gasteiger partial charge in [-0.15, -0.1) is 0 Å². The topological polar surface area (TPSA) is 49.3 Å². The van der Waals surface area contributed by atoms with Crippen LogP contribution in [0.5, 0.6) is 0 Å². The van der Waals surface area contributed by atoms with E-state index in [1.54, 1.807) is 6.08 Å². The highest BCUT2D eigenvalue weighted by Gasteiger charge is 2.01. The van der Waals surface area contributed by atoms with E-state index in [9.17, 15) is 4.79 Å². The zero-order valence-corrected chi connectivity index (χ0v) is 11.9. The number of carbonyl (C=O) groups is 1. The molecule has 0 saturated carbocycles. The molecule has 0 aliphatic heterocycles. The first-order valence-electron chi connectivity index (χ1n) is 6.69. The van der Waals surface area contributed by atoms with Gasteiger partial charge in [0.1, 0.15) is 0 Å². The van der Waals surface area contributed by atoms with Crippen molar-refractivity contribution in [2.24, 2.45) is 5.92 Å². The minimum Gasteiger partial charge on any atom is -0.396 e. The van der Waals surface area contributed by atoms with Gasteiger partial charge < -0.3 is 10.4 Å². The quantitative estimate of drug-likeness (QED) is 0.773. The summed E-state index contributed by atoms with van der Waals surface area (Å²) >= 11 is 0. The molecule has 1 amide bonds. The summed E-state index contributed by atoms with van der Waals surface area (Å²) in [5.74, 6) is 0.470. The average molecular weight is 261 g/mol. The molecule has 1 aromatic rings. The third-order valence-corrected chi connectivity index (χ3v) is 2.97. The van der Waals surface area contributed by atoms with Gasteiger partial charge in [-0.25, -0.2) is 0 Å². The minimum atomic E-state index is -0.131. The molecule has 0 heterocycles. The van der Waals surface area contributed by atoms with Gasteiger partial charge in [0, 0.05) is 19.2 Å². The third kappa shape index (κ3) is 5.71. The monoisotopic (exact) mass is 261 g/mol. The zero-order chi connectivity index (χ0) is 14.3. The Hall–Kier alpha value is -1.61. The Morgan fingerprint density at radius 1 is 1.26 bits per heavy atom. The number of carbonyl (C=O) groups excluding carboxylic acids is 1. The van der Waals surface area contributed by atoms with Gasteiger partial charge in [0.05, 0.1) is 0 Å². The first-order chi connectivity index (χ1) is 9.02. The summed E-state index contributed by atoms with van der Waals surface area (Å²) in [6.45, 7) is 6.77. The molecule has 19 heavy (non-hydrogen) atoms. The molecule has 0 aromatic heterocycles. The number of hydrogen-bond donors (Lipinski definition) is 2. The van der Waals surface area contributed by atoms with Crippen molar-refractivity contribution in [3.63, 3.8) is 0 Å². The van der Waals surface area contributed by atoms with Crippen molar-refractivity contribution in [3.8, 4) is 0 Å². The number of rotatable bonds is 6. The van der Waals surface area contributed by atoms with Crippen LogP contribution in [-0.4, -0.2) is 24.2 Å². The molecule has 1 aromatic carbocycles. The van der Waals surface area contributed by atoms with Crippen molar-refractivity contribution in [2.75, 3.05) is 13.2 Å². The molecule has 0 saturated heterocycles. The number of nitrogens with one attached hydrogen (secondary N) is 1. The zero-order valence-electron chi connectivity index (χ0n) is 11.9. The lowest BCUT2D eigenvalue weighted by Gasteiger charge is -2.07. The lowest BCUT2D eigenvalue weighted by molar-refractivity contribution is -0.116. The van der Waals surface area contributed by atoms with Crippen molar-refractivity contribution in [2.45, 2.75) is 26.7 Å². The summed E-state index contributed by atoms with van der Waals surface area (Å²) in [6, 6.07) is 8.18. The van der Waals surface area contributed by atoms with E-state index in [1.807, 2.05) is 19.1 Å². The summed E-state index contributed by atoms with van der Waals surface area (Å²) in [4.78, 5) is 11.5. The Balaban J connectivity index is 2.49. The second kappa shape index (κ2) is 7.74. The standard InChI is InChI=1S/C16H23NO2/c1-12(2)15-7-4-14(5-8-15)6-9-16(19)17-10-13(3)11-18/h4-9,12-13,18H,10-11H2,1-3H3,(H,17,19). The largest absolute Gasteiger partial charge is 0.396 e. The molecule has 1 unspecified atom stereocenters. The number of aliphatic hydroxyl groups excluding tert-OH is 1. The molecule has 0 bridgehead atoms. The number of aliphatic hydroxyl groups is 1. The van der Waals surface area contributed by atoms with Crippen molar-refractivity contribution in [1.82, 2.24) is 5.32 Å². The van der Waals surface area contributed by atoms with Gasteiger partial charge in [-0.3, -0.25) is 4.79 Å². The predicted molar refractivity (Wildman–Crippen MR) is 78.8 cm³/mol. The van der Waals surface area contributed by atoms with E-state index in [0.717, 1.165) is 5.56 Å². The fourth-order valence-electron chi connectivity index (χ4n) is 1.56. The molecule has 104 valence electrons. The van der Waals surface area contributed by atoms with Crippen molar-refractivity contribution in [1.29, 1.82) is 0 Å². The first-order valence-corrected chi connectivity index (χ1v) is 6.69. The molecule has 1 rings (SSSR count). The van der Waals surface area contributed by atoms with Crippen LogP contribution in [0.3, 0.4) is 0 Å². The second-order valence-electron chi connectivity index (χ2n) is 5.19. The Bertz CT molecular complexity index is 421. The number of hydrogen-bond acceptors (Lipinski definition) is 2. The maximum Gasteiger partial charge on any atom is 0.244 e. The number of benzene rings is 1. The molecule has 3 nitrogen and oxygen atoms in total. The molecular formula is C16H23NO2. The lowest BCUT2D eigenvalue weighted by atomic mass is 10.0. The summed E-state index contributed by atoms with van der Waals surface area (Å²) in [5.41, 5.74) is 2.30. The van der Waals surface area contributed by atoms with Gasteiger partial charge in [-0.1, -0.05) is 45.0 Å². The highest BCUT2D eigenvalue weighted by Crippen LogP contribution is 2.15. The smallest absolute Gasteiger partial charge is 0.244 e. The fourth-order valence-corrected chi connectivity index (χ4v) is 1.56. The van der Waals surface area contributed by atoms with Gasteiger partial charge in [-0.05, 0) is 29.0 Å². The van der Waals surface area contributed by atoms with E-state index >= 15 is 0 Å². The summed E-state index contributed by atoms with van der Waals surface area (Å²) in [5, 5.41) is 11.6. The van der Waals surface area contributed by atoms with E-state index in [4.69, 9.17) is 5.11 Å². The van der Waals surface area contributed by atoms with E-state index in [1.165, 1.54) is 11.6 Å². The van der Waals surface area contributed by atoms with Crippen LogP contribution in [0.2, 0.25) is 0 Å². The molecule has 0 spiro atoms. The van der Waals surface area contributed by atoms with Crippen LogP contribution in [0.15, 0.2) is 30.3 Å². The Kier molecular flexibility index (Phi) is 6.30. The van der Waals surface area contributed by atoms with Crippen LogP contribution in [0, 0.1) is 5.92 Å². The Morgan fingerprint density at radius 3 is 2.42 bits per heavy atom. The van der Waals surface area contributed by atoms with Gasteiger partial charge in [0.25, 0.3) is 0 Å². The van der Waals surface area contributed by atoms with Crippen LogP contribution in [-0.2, 0) is 4.79 Å². The molecule has 1 atom stereocenters. The highest BCUT2D eigenvalue weighted by atomic mass is 16.3. The van der Waals surface area contributed by atoms with E-state index < -0.39 is 0 Å². The normalized spacial score (nSPS) is 12.9. The maximum atomic E-state index is 11.5. The highest BCUT2D eigenvalue weighted by molar-refractivity contribution is 5.91. The SMILES string of the molecule is CC(CO)CNC(=O)C=Cc1ccc(C(C)C)cc1. The van der Waals surface area contributed by atoms with Gasteiger partial charge >= 0.3 is 0 Å². The van der Waals surface area contributed by atoms with Gasteiger partial charge in [0.15, 0.2) is 0 Å². The summed E-state index contributed by atoms with van der Waals surface area (Å²) in [6.07, 6.45) is 3.32. The van der Waals surface area contributed by atoms with Crippen LogP contribution in [0.1, 0.15) is 37.8 Å². The van der Waals surface area contributed by atoms with Crippen LogP contribution in [0.25, 0.3) is 6.08 Å². The van der Waals surface area contributed by atoms with Crippen molar-refractivity contribution >= 4 is 12.0 Å². The minimum absolute atomic E-state index is 0.0840. The first kappa shape index (κ1) is 15.4. The van der Waals surface area contributed by atoms with E-state index in [-0.39, 0.29) is 18.4 Å². The van der Waals surface area contributed by atoms with Crippen molar-refractivity contribution < 1.29 is 9.90 Å². The maximum absolute atomic E-state index is 11.5. The van der Waals surface area contributed by atoms with Crippen LogP contribution >= 0.6 is 0 Å². The summed E-state index contributed by atoms with van der Waals surface area (Å²) in [7, 11) is 0. The molecule has 0 fully saturated rings. The summed E-state index contributed by atoms with van der Waals surface area (Å²) < 4.78 is 0. The van der Waals surface area contributed by atoms with Crippen molar-refractivity contribution in [3.05, 3.63) is 41.5 Å². The predicted octanol–water partition coefficient (Wildman–Crippen LogP) is 2.57. The molecular weight excluding hydrogens is 238 g/mol. The van der Waals surface area contributed by atoms with Crippen LogP contribution < -0.4 is 5.32 Å². The lowest BCUT2D eigenvalue weighted by Crippen LogP contribution is -2.27. The molecule has 2 N–H and O–H groups in total. The van der Waals surface area contributed by atoms with Crippen LogP contribution in [0.4, 0.5) is 0 Å². The Morgan fingerprint density at radius 2 is 1.89 bits per heavy atom. The van der Waals surface area contributed by atoms with E-state index in [2.05, 4.69) is 31.3 Å².